The van der Waals surface area contributed by atoms with Gasteiger partial charge in [0.15, 0.2) is 5.78 Å². The third-order valence-corrected chi connectivity index (χ3v) is 3.31. The molecule has 0 aliphatic heterocycles. The van der Waals surface area contributed by atoms with Gasteiger partial charge in [-0.2, -0.15) is 0 Å². The van der Waals surface area contributed by atoms with Crippen molar-refractivity contribution in [3.05, 3.63) is 65.5 Å². The van der Waals surface area contributed by atoms with E-state index in [-0.39, 0.29) is 5.78 Å². The van der Waals surface area contributed by atoms with Crippen LogP contribution in [0.15, 0.2) is 59.9 Å². The van der Waals surface area contributed by atoms with E-state index >= 15 is 0 Å². The first-order chi connectivity index (χ1) is 9.05. The number of hydrogen-bond donors (Lipinski definition) is 0. The molecule has 1 aromatic carbocycles. The molecule has 1 aromatic rings. The zero-order chi connectivity index (χ0) is 13.9. The van der Waals surface area contributed by atoms with Crippen LogP contribution in [0.25, 0.3) is 6.08 Å². The fraction of sp³-hybridized carbons (Fsp3) is 0.235. The van der Waals surface area contributed by atoms with Crippen LogP contribution < -0.4 is 0 Å². The zero-order valence-electron chi connectivity index (χ0n) is 11.5. The van der Waals surface area contributed by atoms with Gasteiger partial charge in [-0.1, -0.05) is 42.5 Å². The first kappa shape index (κ1) is 13.3. The van der Waals surface area contributed by atoms with Crippen molar-refractivity contribution in [3.63, 3.8) is 0 Å². The minimum atomic E-state index is -0.639. The molecular weight excluding hydrogens is 236 g/mol. The molecule has 0 N–H and O–H groups in total. The maximum atomic E-state index is 12.3. The van der Waals surface area contributed by atoms with E-state index in [1.54, 1.807) is 13.2 Å². The number of benzene rings is 1. The minimum Gasteiger partial charge on any atom is -0.497 e. The number of rotatable bonds is 3. The van der Waals surface area contributed by atoms with Crippen LogP contribution in [0.3, 0.4) is 0 Å². The predicted molar refractivity (Wildman–Crippen MR) is 77.4 cm³/mol. The molecule has 1 aliphatic rings. The summed E-state index contributed by atoms with van der Waals surface area (Å²) in [7, 11) is 1.62. The fourth-order valence-corrected chi connectivity index (χ4v) is 2.18. The van der Waals surface area contributed by atoms with Crippen LogP contribution in [0.2, 0.25) is 0 Å². The van der Waals surface area contributed by atoms with Gasteiger partial charge in [-0.3, -0.25) is 4.79 Å². The number of allylic oxidation sites excluding steroid dienone is 4. The maximum Gasteiger partial charge on any atom is 0.172 e. The van der Waals surface area contributed by atoms with Gasteiger partial charge in [-0.25, -0.2) is 0 Å². The molecule has 0 aromatic heterocycles. The van der Waals surface area contributed by atoms with Gasteiger partial charge in [0.25, 0.3) is 0 Å². The number of Topliss-reactive ketones (excluding diaryl/α,β-unsaturated/α-hetero) is 1. The fourth-order valence-electron chi connectivity index (χ4n) is 2.18. The zero-order valence-corrected chi connectivity index (χ0v) is 11.5. The monoisotopic (exact) mass is 254 g/mol. The smallest absolute Gasteiger partial charge is 0.172 e. The van der Waals surface area contributed by atoms with Crippen molar-refractivity contribution in [1.82, 2.24) is 0 Å². The van der Waals surface area contributed by atoms with Crippen molar-refractivity contribution >= 4 is 11.9 Å². The molecule has 1 aliphatic carbocycles. The highest BCUT2D eigenvalue weighted by atomic mass is 16.5. The van der Waals surface area contributed by atoms with E-state index in [0.717, 1.165) is 16.9 Å². The molecular formula is C17H18O2. The lowest BCUT2D eigenvalue weighted by atomic mass is 9.78. The highest BCUT2D eigenvalue weighted by Gasteiger charge is 2.32. The van der Waals surface area contributed by atoms with E-state index < -0.39 is 5.41 Å². The maximum absolute atomic E-state index is 12.3. The largest absolute Gasteiger partial charge is 0.497 e. The molecule has 0 heterocycles. The summed E-state index contributed by atoms with van der Waals surface area (Å²) in [5, 5.41) is 0. The Kier molecular flexibility index (Phi) is 3.70. The van der Waals surface area contributed by atoms with Crippen molar-refractivity contribution in [2.75, 3.05) is 7.11 Å². The second-order valence-electron chi connectivity index (χ2n) is 4.93. The summed E-state index contributed by atoms with van der Waals surface area (Å²) in [5.41, 5.74) is 1.16. The van der Waals surface area contributed by atoms with Gasteiger partial charge < -0.3 is 4.74 Å². The normalized spacial score (nSPS) is 23.2. The van der Waals surface area contributed by atoms with Gasteiger partial charge in [0.05, 0.1) is 12.5 Å². The molecule has 1 atom stereocenters. The lowest BCUT2D eigenvalue weighted by molar-refractivity contribution is -0.120. The van der Waals surface area contributed by atoms with Gasteiger partial charge in [0.1, 0.15) is 5.76 Å². The van der Waals surface area contributed by atoms with E-state index in [9.17, 15) is 4.79 Å². The van der Waals surface area contributed by atoms with Gasteiger partial charge >= 0.3 is 0 Å². The SMILES string of the molecule is COC1=CC(C)(/C=C/c2ccccc2)C(=O)C(C)=C1. The summed E-state index contributed by atoms with van der Waals surface area (Å²) < 4.78 is 5.26. The average molecular weight is 254 g/mol. The molecule has 2 heteroatoms. The third-order valence-electron chi connectivity index (χ3n) is 3.31. The third kappa shape index (κ3) is 2.84. The molecule has 98 valence electrons. The van der Waals surface area contributed by atoms with Gasteiger partial charge in [0, 0.05) is 0 Å². The Bertz CT molecular complexity index is 564. The quantitative estimate of drug-likeness (QED) is 0.820. The van der Waals surface area contributed by atoms with Crippen LogP contribution in [-0.2, 0) is 9.53 Å². The number of hydrogen-bond acceptors (Lipinski definition) is 2. The van der Waals surface area contributed by atoms with Gasteiger partial charge in [-0.15, -0.1) is 0 Å². The van der Waals surface area contributed by atoms with Gasteiger partial charge in [-0.05, 0) is 37.1 Å². The second kappa shape index (κ2) is 5.27. The molecule has 19 heavy (non-hydrogen) atoms. The van der Waals surface area contributed by atoms with Crippen molar-refractivity contribution in [1.29, 1.82) is 0 Å². The summed E-state index contributed by atoms with van der Waals surface area (Å²) >= 11 is 0. The molecule has 0 saturated heterocycles. The summed E-state index contributed by atoms with van der Waals surface area (Å²) in [6, 6.07) is 9.95. The summed E-state index contributed by atoms with van der Waals surface area (Å²) in [6.45, 7) is 3.73. The Morgan fingerprint density at radius 1 is 1.21 bits per heavy atom. The topological polar surface area (TPSA) is 26.3 Å². The Labute approximate surface area is 114 Å². The van der Waals surface area contributed by atoms with Gasteiger partial charge in [0.2, 0.25) is 0 Å². The molecule has 0 fully saturated rings. The number of carbonyl (C=O) groups is 1. The molecule has 1 unspecified atom stereocenters. The second-order valence-corrected chi connectivity index (χ2v) is 4.93. The van der Waals surface area contributed by atoms with Crippen LogP contribution in [0.5, 0.6) is 0 Å². The number of methoxy groups -OCH3 is 1. The molecule has 2 nitrogen and oxygen atoms in total. The van der Waals surface area contributed by atoms with E-state index in [0.29, 0.717) is 0 Å². The number of ether oxygens (including phenoxy) is 1. The summed E-state index contributed by atoms with van der Waals surface area (Å²) in [5.74, 6) is 0.845. The Morgan fingerprint density at radius 3 is 2.53 bits per heavy atom. The lowest BCUT2D eigenvalue weighted by Gasteiger charge is -2.25. The molecule has 0 spiro atoms. The van der Waals surface area contributed by atoms with E-state index in [4.69, 9.17) is 4.74 Å². The predicted octanol–water partition coefficient (Wildman–Crippen LogP) is 3.77. The molecule has 0 amide bonds. The Balaban J connectivity index is 2.32. The van der Waals surface area contributed by atoms with Crippen LogP contribution in [-0.4, -0.2) is 12.9 Å². The molecule has 0 bridgehead atoms. The Hall–Kier alpha value is -2.09. The van der Waals surface area contributed by atoms with Crippen molar-refractivity contribution < 1.29 is 9.53 Å². The van der Waals surface area contributed by atoms with Crippen molar-refractivity contribution in [2.24, 2.45) is 5.41 Å². The standard InChI is InChI=1S/C17H18O2/c1-13-11-15(19-3)12-17(2,16(13)18)10-9-14-7-5-4-6-8-14/h4-12H,1-3H3/b10-9+. The average Bonchev–Trinajstić information content (AvgIpc) is 2.43. The lowest BCUT2D eigenvalue weighted by Crippen LogP contribution is -2.27. The van der Waals surface area contributed by atoms with E-state index in [2.05, 4.69) is 0 Å². The van der Waals surface area contributed by atoms with E-state index in [1.165, 1.54) is 0 Å². The van der Waals surface area contributed by atoms with Crippen LogP contribution in [0.1, 0.15) is 19.4 Å². The summed E-state index contributed by atoms with van der Waals surface area (Å²) in [4.78, 5) is 12.3. The van der Waals surface area contributed by atoms with E-state index in [1.807, 2.05) is 62.4 Å². The highest BCUT2D eigenvalue weighted by molar-refractivity contribution is 6.03. The number of ketones is 1. The first-order valence-corrected chi connectivity index (χ1v) is 6.29. The Morgan fingerprint density at radius 2 is 1.89 bits per heavy atom. The first-order valence-electron chi connectivity index (χ1n) is 6.29. The van der Waals surface area contributed by atoms with Crippen LogP contribution >= 0.6 is 0 Å². The highest BCUT2D eigenvalue weighted by Crippen LogP contribution is 2.32. The van der Waals surface area contributed by atoms with Crippen LogP contribution in [0, 0.1) is 5.41 Å². The summed E-state index contributed by atoms with van der Waals surface area (Å²) in [6.07, 6.45) is 7.54. The molecule has 0 saturated carbocycles. The van der Waals surface area contributed by atoms with Crippen molar-refractivity contribution in [2.45, 2.75) is 13.8 Å². The number of carbonyl (C=O) groups excluding carboxylic acids is 1. The minimum absolute atomic E-state index is 0.112. The van der Waals surface area contributed by atoms with Crippen molar-refractivity contribution in [3.8, 4) is 0 Å². The molecule has 0 radical (unpaired) electrons. The van der Waals surface area contributed by atoms with Crippen LogP contribution in [0.4, 0.5) is 0 Å². The molecule has 2 rings (SSSR count).